The quantitative estimate of drug-likeness (QED) is 0.518. The molecular weight excluding hydrogens is 264 g/mol. The maximum Gasteiger partial charge on any atom is 0.286 e. The Labute approximate surface area is 94.1 Å². The van der Waals surface area contributed by atoms with Crippen LogP contribution in [0.3, 0.4) is 0 Å². The van der Waals surface area contributed by atoms with E-state index in [4.69, 9.17) is 0 Å². The van der Waals surface area contributed by atoms with Gasteiger partial charge in [0.1, 0.15) is 0 Å². The molecule has 6 heteroatoms. The highest BCUT2D eigenvalue weighted by atomic mass is 79.9. The van der Waals surface area contributed by atoms with Gasteiger partial charge in [0.15, 0.2) is 0 Å². The minimum absolute atomic E-state index is 0.118. The van der Waals surface area contributed by atoms with Crippen LogP contribution in [0.5, 0.6) is 0 Å². The molecule has 1 heterocycles. The number of aromatic amines is 1. The number of hydrogen-bond acceptors (Lipinski definition) is 3. The Morgan fingerprint density at radius 3 is 2.93 bits per heavy atom. The normalized spacial score (nSPS) is 10.7. The van der Waals surface area contributed by atoms with E-state index in [0.29, 0.717) is 5.56 Å². The number of nitro groups is 1. The van der Waals surface area contributed by atoms with Crippen LogP contribution in [0, 0.1) is 10.1 Å². The lowest BCUT2D eigenvalue weighted by molar-refractivity contribution is -0.385. The van der Waals surface area contributed by atoms with Gasteiger partial charge in [-0.1, -0.05) is 28.1 Å². The van der Waals surface area contributed by atoms with E-state index in [1.54, 1.807) is 12.2 Å². The summed E-state index contributed by atoms with van der Waals surface area (Å²) >= 11 is 3.23. The lowest BCUT2D eigenvalue weighted by Gasteiger charge is -1.93. The molecule has 0 aliphatic carbocycles. The first-order valence-electron chi connectivity index (χ1n) is 4.25. The number of rotatable bonds is 4. The molecule has 0 atom stereocenters. The number of H-pyrrole nitrogens is 1. The molecule has 0 fully saturated rings. The summed E-state index contributed by atoms with van der Waals surface area (Å²) in [7, 11) is 0. The van der Waals surface area contributed by atoms with Gasteiger partial charge in [-0.15, -0.1) is 0 Å². The highest BCUT2D eigenvalue weighted by Gasteiger charge is 2.07. The van der Waals surface area contributed by atoms with Crippen LogP contribution in [-0.4, -0.2) is 15.2 Å². The largest absolute Gasteiger partial charge is 0.322 e. The first kappa shape index (κ1) is 11.6. The molecule has 80 valence electrons. The van der Waals surface area contributed by atoms with Crippen LogP contribution in [0.25, 0.3) is 6.08 Å². The van der Waals surface area contributed by atoms with Crippen molar-refractivity contribution in [3.63, 3.8) is 0 Å². The number of nitrogens with zero attached hydrogens (tertiary/aromatic N) is 1. The first-order valence-corrected chi connectivity index (χ1v) is 5.37. The molecule has 0 saturated carbocycles. The van der Waals surface area contributed by atoms with E-state index in [2.05, 4.69) is 20.9 Å². The summed E-state index contributed by atoms with van der Waals surface area (Å²) in [6, 6.07) is 1.25. The number of hydrogen-bond donors (Lipinski definition) is 1. The van der Waals surface area contributed by atoms with Crippen molar-refractivity contribution < 1.29 is 4.92 Å². The fourth-order valence-corrected chi connectivity index (χ4v) is 1.26. The summed E-state index contributed by atoms with van der Waals surface area (Å²) in [6.45, 7) is 0. The van der Waals surface area contributed by atoms with Crippen molar-refractivity contribution in [1.29, 1.82) is 0 Å². The third-order valence-corrected chi connectivity index (χ3v) is 2.16. The molecule has 0 aliphatic rings. The molecule has 0 saturated heterocycles. The van der Waals surface area contributed by atoms with Gasteiger partial charge in [0.05, 0.1) is 11.1 Å². The van der Waals surface area contributed by atoms with Crippen molar-refractivity contribution >= 4 is 27.7 Å². The standard InChI is InChI=1S/C9H9BrN2O3/c10-4-2-1-3-7-5-8(12(14)15)6-11-9(7)13/h1,3,5-6H,2,4H2,(H,11,13). The minimum Gasteiger partial charge on any atom is -0.322 e. The molecule has 5 nitrogen and oxygen atoms in total. The second kappa shape index (κ2) is 5.45. The van der Waals surface area contributed by atoms with Gasteiger partial charge in [-0.3, -0.25) is 14.9 Å². The molecular formula is C9H9BrN2O3. The van der Waals surface area contributed by atoms with Crippen LogP contribution in [0.4, 0.5) is 5.69 Å². The number of aromatic nitrogens is 1. The second-order valence-corrected chi connectivity index (χ2v) is 3.57. The summed E-state index contributed by atoms with van der Waals surface area (Å²) in [4.78, 5) is 23.5. The van der Waals surface area contributed by atoms with E-state index in [-0.39, 0.29) is 11.2 Å². The van der Waals surface area contributed by atoms with Crippen LogP contribution < -0.4 is 5.56 Å². The van der Waals surface area contributed by atoms with Crippen molar-refractivity contribution in [2.75, 3.05) is 5.33 Å². The molecule has 0 radical (unpaired) electrons. The third-order valence-electron chi connectivity index (χ3n) is 1.70. The van der Waals surface area contributed by atoms with E-state index >= 15 is 0 Å². The smallest absolute Gasteiger partial charge is 0.286 e. The molecule has 15 heavy (non-hydrogen) atoms. The molecule has 0 bridgehead atoms. The topological polar surface area (TPSA) is 76.0 Å². The monoisotopic (exact) mass is 272 g/mol. The second-order valence-electron chi connectivity index (χ2n) is 2.78. The Balaban J connectivity index is 3.00. The van der Waals surface area contributed by atoms with E-state index < -0.39 is 4.92 Å². The van der Waals surface area contributed by atoms with Crippen molar-refractivity contribution in [3.05, 3.63) is 44.4 Å². The lowest BCUT2D eigenvalue weighted by atomic mass is 10.2. The Morgan fingerprint density at radius 2 is 2.33 bits per heavy atom. The van der Waals surface area contributed by atoms with Gasteiger partial charge in [-0.2, -0.15) is 0 Å². The first-order chi connectivity index (χ1) is 7.15. The molecule has 1 aromatic heterocycles. The van der Waals surface area contributed by atoms with E-state index in [1.807, 2.05) is 0 Å². The van der Waals surface area contributed by atoms with Gasteiger partial charge in [0.25, 0.3) is 11.2 Å². The highest BCUT2D eigenvalue weighted by molar-refractivity contribution is 9.09. The molecule has 0 spiro atoms. The van der Waals surface area contributed by atoms with Crippen LogP contribution >= 0.6 is 15.9 Å². The number of halogens is 1. The van der Waals surface area contributed by atoms with Gasteiger partial charge in [-0.25, -0.2) is 0 Å². The van der Waals surface area contributed by atoms with Gasteiger partial charge in [0, 0.05) is 17.0 Å². The lowest BCUT2D eigenvalue weighted by Crippen LogP contribution is -2.09. The average Bonchev–Trinajstić information content (AvgIpc) is 2.20. The Morgan fingerprint density at radius 1 is 1.60 bits per heavy atom. The summed E-state index contributed by atoms with van der Waals surface area (Å²) in [6.07, 6.45) is 5.21. The van der Waals surface area contributed by atoms with E-state index in [1.165, 1.54) is 6.07 Å². The maximum absolute atomic E-state index is 11.2. The molecule has 1 rings (SSSR count). The molecule has 0 amide bonds. The van der Waals surface area contributed by atoms with Crippen LogP contribution in [-0.2, 0) is 0 Å². The Bertz CT molecular complexity index is 439. The molecule has 0 aromatic carbocycles. The van der Waals surface area contributed by atoms with E-state index in [0.717, 1.165) is 17.9 Å². The third kappa shape index (κ3) is 3.32. The summed E-state index contributed by atoms with van der Waals surface area (Å²) in [5.74, 6) is 0. The predicted octanol–water partition coefficient (Wildman–Crippen LogP) is 2.08. The van der Waals surface area contributed by atoms with Gasteiger partial charge >= 0.3 is 0 Å². The Kier molecular flexibility index (Phi) is 4.23. The summed E-state index contributed by atoms with van der Waals surface area (Å²) in [5.41, 5.74) is -0.148. The van der Waals surface area contributed by atoms with Crippen molar-refractivity contribution in [2.45, 2.75) is 6.42 Å². The zero-order valence-electron chi connectivity index (χ0n) is 7.77. The Hall–Kier alpha value is -1.43. The predicted molar refractivity (Wildman–Crippen MR) is 61.2 cm³/mol. The number of alkyl halides is 1. The van der Waals surface area contributed by atoms with E-state index in [9.17, 15) is 14.9 Å². The molecule has 1 N–H and O–H groups in total. The van der Waals surface area contributed by atoms with Gasteiger partial charge < -0.3 is 4.98 Å². The van der Waals surface area contributed by atoms with Gasteiger partial charge in [0.2, 0.25) is 0 Å². The summed E-state index contributed by atoms with van der Waals surface area (Å²) < 4.78 is 0. The van der Waals surface area contributed by atoms with Crippen LogP contribution in [0.1, 0.15) is 12.0 Å². The highest BCUT2D eigenvalue weighted by Crippen LogP contribution is 2.09. The van der Waals surface area contributed by atoms with Crippen molar-refractivity contribution in [2.24, 2.45) is 0 Å². The molecule has 1 aromatic rings. The van der Waals surface area contributed by atoms with Gasteiger partial charge in [-0.05, 0) is 6.42 Å². The zero-order chi connectivity index (χ0) is 11.3. The van der Waals surface area contributed by atoms with Crippen molar-refractivity contribution in [1.82, 2.24) is 4.98 Å². The fourth-order valence-electron chi connectivity index (χ4n) is 0.992. The van der Waals surface area contributed by atoms with Crippen LogP contribution in [0.15, 0.2) is 23.1 Å². The SMILES string of the molecule is O=c1[nH]cc([N+](=O)[O-])cc1C=CCCBr. The fraction of sp³-hybridized carbons (Fsp3) is 0.222. The maximum atomic E-state index is 11.2. The van der Waals surface area contributed by atoms with Crippen molar-refractivity contribution in [3.8, 4) is 0 Å². The number of allylic oxidation sites excluding steroid dienone is 1. The molecule has 0 aliphatic heterocycles. The molecule has 0 unspecified atom stereocenters. The average molecular weight is 273 g/mol. The number of pyridine rings is 1. The summed E-state index contributed by atoms with van der Waals surface area (Å²) in [5, 5.41) is 11.2. The zero-order valence-corrected chi connectivity index (χ0v) is 9.36. The number of nitrogens with one attached hydrogen (secondary N) is 1. The minimum atomic E-state index is -0.544. The van der Waals surface area contributed by atoms with Crippen LogP contribution in [0.2, 0.25) is 0 Å².